The van der Waals surface area contributed by atoms with Gasteiger partial charge in [-0.05, 0) is 30.3 Å². The molecule has 0 radical (unpaired) electrons. The van der Waals surface area contributed by atoms with Crippen LogP contribution in [0.25, 0.3) is 0 Å². The standard InChI is InChI=1S/C22H16N6O8/c29-19(23-25-21(31)15-6-2-8-17(11-15)27(33)34)13-4-1-5-14(10-13)20(30)24-26-22(32)16-7-3-9-18(12-16)28(35)36/h1-12H,(H,23,29)(H,24,30)(H,25,31)(H,26,32). The average Bonchev–Trinajstić information content (AvgIpc) is 2.90. The fourth-order valence-electron chi connectivity index (χ4n) is 2.84. The fraction of sp³-hybridized carbons (Fsp3) is 0. The quantitative estimate of drug-likeness (QED) is 0.293. The smallest absolute Gasteiger partial charge is 0.267 e. The molecule has 4 N–H and O–H groups in total. The summed E-state index contributed by atoms with van der Waals surface area (Å²) < 4.78 is 0. The highest BCUT2D eigenvalue weighted by atomic mass is 16.6. The maximum Gasteiger partial charge on any atom is 0.270 e. The van der Waals surface area contributed by atoms with Crippen molar-refractivity contribution in [3.63, 3.8) is 0 Å². The minimum Gasteiger partial charge on any atom is -0.267 e. The molecule has 0 spiro atoms. The second-order valence-electron chi connectivity index (χ2n) is 7.01. The first-order valence-electron chi connectivity index (χ1n) is 9.96. The van der Waals surface area contributed by atoms with Gasteiger partial charge in [-0.1, -0.05) is 18.2 Å². The van der Waals surface area contributed by atoms with Crippen LogP contribution in [0.2, 0.25) is 0 Å². The second kappa shape index (κ2) is 11.0. The van der Waals surface area contributed by atoms with Gasteiger partial charge < -0.3 is 0 Å². The van der Waals surface area contributed by atoms with Crippen molar-refractivity contribution in [3.8, 4) is 0 Å². The van der Waals surface area contributed by atoms with Crippen molar-refractivity contribution in [2.75, 3.05) is 0 Å². The molecule has 0 atom stereocenters. The lowest BCUT2D eigenvalue weighted by molar-refractivity contribution is -0.385. The monoisotopic (exact) mass is 492 g/mol. The minimum atomic E-state index is -0.801. The Kier molecular flexibility index (Phi) is 7.61. The summed E-state index contributed by atoms with van der Waals surface area (Å²) in [6, 6.07) is 15.0. The number of nitrogens with zero attached hydrogens (tertiary/aromatic N) is 2. The first-order valence-corrected chi connectivity index (χ1v) is 9.96. The number of hydrogen-bond acceptors (Lipinski definition) is 8. The zero-order valence-electron chi connectivity index (χ0n) is 18.1. The van der Waals surface area contributed by atoms with Gasteiger partial charge in [-0.2, -0.15) is 0 Å². The van der Waals surface area contributed by atoms with Crippen LogP contribution in [0.3, 0.4) is 0 Å². The number of hydrazine groups is 2. The topological polar surface area (TPSA) is 203 Å². The summed E-state index contributed by atoms with van der Waals surface area (Å²) in [7, 11) is 0. The van der Waals surface area contributed by atoms with Crippen LogP contribution in [-0.4, -0.2) is 33.5 Å². The number of hydrogen-bond donors (Lipinski definition) is 4. The summed E-state index contributed by atoms with van der Waals surface area (Å²) in [5.74, 6) is -3.18. The highest BCUT2D eigenvalue weighted by molar-refractivity contribution is 6.02. The number of amides is 4. The number of carbonyl (C=O) groups is 4. The maximum atomic E-state index is 12.4. The Bertz CT molecular complexity index is 1290. The Morgan fingerprint density at radius 1 is 0.500 bits per heavy atom. The van der Waals surface area contributed by atoms with E-state index in [0.717, 1.165) is 12.1 Å². The molecule has 0 saturated heterocycles. The minimum absolute atomic E-state index is 0.0213. The number of carbonyl (C=O) groups excluding carboxylic acids is 4. The molecule has 182 valence electrons. The van der Waals surface area contributed by atoms with E-state index in [4.69, 9.17) is 0 Å². The van der Waals surface area contributed by atoms with E-state index in [2.05, 4.69) is 21.7 Å². The molecule has 0 aliphatic heterocycles. The van der Waals surface area contributed by atoms with E-state index < -0.39 is 33.5 Å². The van der Waals surface area contributed by atoms with Gasteiger partial charge in [-0.3, -0.25) is 61.1 Å². The zero-order valence-corrected chi connectivity index (χ0v) is 18.1. The number of nitro groups is 2. The van der Waals surface area contributed by atoms with Gasteiger partial charge >= 0.3 is 0 Å². The Hall–Kier alpha value is -5.66. The van der Waals surface area contributed by atoms with Crippen molar-refractivity contribution in [2.45, 2.75) is 0 Å². The molecule has 0 heterocycles. The van der Waals surface area contributed by atoms with Crippen molar-refractivity contribution in [3.05, 3.63) is 115 Å². The van der Waals surface area contributed by atoms with Gasteiger partial charge in [0.2, 0.25) is 0 Å². The molecule has 0 unspecified atom stereocenters. The normalized spacial score (nSPS) is 10.0. The lowest BCUT2D eigenvalue weighted by Gasteiger charge is -2.10. The van der Waals surface area contributed by atoms with Crippen molar-refractivity contribution in [2.24, 2.45) is 0 Å². The number of non-ortho nitro benzene ring substituents is 2. The Labute approximate surface area is 201 Å². The van der Waals surface area contributed by atoms with Crippen LogP contribution < -0.4 is 21.7 Å². The first-order chi connectivity index (χ1) is 17.2. The van der Waals surface area contributed by atoms with Gasteiger partial charge in [0.25, 0.3) is 35.0 Å². The van der Waals surface area contributed by atoms with Crippen LogP contribution in [0.15, 0.2) is 72.8 Å². The molecule has 0 aromatic heterocycles. The van der Waals surface area contributed by atoms with Crippen LogP contribution in [0.5, 0.6) is 0 Å². The molecule has 3 aromatic carbocycles. The maximum absolute atomic E-state index is 12.4. The molecular formula is C22H16N6O8. The van der Waals surface area contributed by atoms with E-state index in [1.165, 1.54) is 60.7 Å². The largest absolute Gasteiger partial charge is 0.270 e. The SMILES string of the molecule is O=C(NNC(=O)c1cccc([N+](=O)[O-])c1)c1cccc(C(=O)NNC(=O)c2cccc([N+](=O)[O-])c2)c1. The third-order valence-electron chi connectivity index (χ3n) is 4.60. The van der Waals surface area contributed by atoms with Crippen molar-refractivity contribution in [1.82, 2.24) is 21.7 Å². The Balaban J connectivity index is 1.59. The van der Waals surface area contributed by atoms with Crippen molar-refractivity contribution >= 4 is 35.0 Å². The molecule has 14 heteroatoms. The van der Waals surface area contributed by atoms with E-state index in [9.17, 15) is 39.4 Å². The fourth-order valence-corrected chi connectivity index (χ4v) is 2.84. The predicted octanol–water partition coefficient (Wildman–Crippen LogP) is 1.65. The van der Waals surface area contributed by atoms with Gasteiger partial charge in [0.15, 0.2) is 0 Å². The van der Waals surface area contributed by atoms with Gasteiger partial charge in [0.1, 0.15) is 0 Å². The molecule has 0 saturated carbocycles. The molecular weight excluding hydrogens is 476 g/mol. The van der Waals surface area contributed by atoms with Crippen LogP contribution in [0.1, 0.15) is 41.4 Å². The van der Waals surface area contributed by atoms with E-state index >= 15 is 0 Å². The molecule has 0 bridgehead atoms. The summed E-state index contributed by atoms with van der Waals surface area (Å²) in [5.41, 5.74) is 7.74. The Morgan fingerprint density at radius 3 is 1.08 bits per heavy atom. The zero-order chi connectivity index (χ0) is 26.2. The highest BCUT2D eigenvalue weighted by Crippen LogP contribution is 2.14. The van der Waals surface area contributed by atoms with Crippen LogP contribution >= 0.6 is 0 Å². The number of nitro benzene ring substituents is 2. The summed E-state index contributed by atoms with van der Waals surface area (Å²) in [5, 5.41) is 21.7. The van der Waals surface area contributed by atoms with E-state index in [-0.39, 0.29) is 33.6 Å². The predicted molar refractivity (Wildman–Crippen MR) is 122 cm³/mol. The molecule has 14 nitrogen and oxygen atoms in total. The van der Waals surface area contributed by atoms with Crippen LogP contribution in [0.4, 0.5) is 11.4 Å². The van der Waals surface area contributed by atoms with Crippen LogP contribution in [-0.2, 0) is 0 Å². The summed E-state index contributed by atoms with van der Waals surface area (Å²) >= 11 is 0. The van der Waals surface area contributed by atoms with Crippen molar-refractivity contribution < 1.29 is 29.0 Å². The van der Waals surface area contributed by atoms with Crippen LogP contribution in [0, 0.1) is 20.2 Å². The van der Waals surface area contributed by atoms with Gasteiger partial charge in [0.05, 0.1) is 9.85 Å². The molecule has 36 heavy (non-hydrogen) atoms. The molecule has 0 aliphatic carbocycles. The van der Waals surface area contributed by atoms with E-state index in [0.29, 0.717) is 0 Å². The summed E-state index contributed by atoms with van der Waals surface area (Å²) in [4.78, 5) is 69.4. The van der Waals surface area contributed by atoms with E-state index in [1.54, 1.807) is 0 Å². The number of rotatable bonds is 6. The lowest BCUT2D eigenvalue weighted by Crippen LogP contribution is -2.42. The summed E-state index contributed by atoms with van der Waals surface area (Å²) in [6.45, 7) is 0. The molecule has 3 aromatic rings. The molecule has 0 fully saturated rings. The number of benzene rings is 3. The lowest BCUT2D eigenvalue weighted by atomic mass is 10.1. The highest BCUT2D eigenvalue weighted by Gasteiger charge is 2.16. The Morgan fingerprint density at radius 2 is 0.778 bits per heavy atom. The van der Waals surface area contributed by atoms with Crippen molar-refractivity contribution in [1.29, 1.82) is 0 Å². The van der Waals surface area contributed by atoms with Gasteiger partial charge in [-0.15, -0.1) is 0 Å². The average molecular weight is 492 g/mol. The van der Waals surface area contributed by atoms with Gasteiger partial charge in [-0.25, -0.2) is 0 Å². The summed E-state index contributed by atoms with van der Waals surface area (Å²) in [6.07, 6.45) is 0. The number of nitrogens with one attached hydrogen (secondary N) is 4. The first kappa shape index (κ1) is 25.0. The third-order valence-corrected chi connectivity index (χ3v) is 4.60. The molecule has 0 aliphatic rings. The second-order valence-corrected chi connectivity index (χ2v) is 7.01. The molecule has 4 amide bonds. The van der Waals surface area contributed by atoms with E-state index in [1.807, 2.05) is 0 Å². The third kappa shape index (κ3) is 6.22. The van der Waals surface area contributed by atoms with Gasteiger partial charge in [0, 0.05) is 46.5 Å². The molecule has 3 rings (SSSR count).